The molecule has 0 amide bonds. The number of rotatable bonds is 4. The lowest BCUT2D eigenvalue weighted by Crippen LogP contribution is -2.17. The molecule has 2 nitrogen and oxygen atoms in total. The van der Waals surface area contributed by atoms with E-state index in [1.165, 1.54) is 44.0 Å². The highest BCUT2D eigenvalue weighted by molar-refractivity contribution is 6.25. The molecule has 0 N–H and O–H groups in total. The summed E-state index contributed by atoms with van der Waals surface area (Å²) in [5, 5.41) is 6.98. The molecule has 8 aromatic carbocycles. The fourth-order valence-corrected chi connectivity index (χ4v) is 8.33. The summed E-state index contributed by atoms with van der Waals surface area (Å²) in [5.41, 5.74) is 12.4. The van der Waals surface area contributed by atoms with E-state index in [2.05, 4.69) is 183 Å². The minimum absolute atomic E-state index is 0.136. The lowest BCUT2D eigenvalue weighted by Gasteiger charge is -2.30. The van der Waals surface area contributed by atoms with Gasteiger partial charge in [-0.15, -0.1) is 0 Å². The first-order valence-corrected chi connectivity index (χ1v) is 17.0. The maximum absolute atomic E-state index is 7.19. The summed E-state index contributed by atoms with van der Waals surface area (Å²) in [5.74, 6) is 0. The normalized spacial score (nSPS) is 13.3. The van der Waals surface area contributed by atoms with Gasteiger partial charge < -0.3 is 9.32 Å². The van der Waals surface area contributed by atoms with Crippen LogP contribution in [0.15, 0.2) is 168 Å². The minimum Gasteiger partial charge on any atom is -0.454 e. The fourth-order valence-electron chi connectivity index (χ4n) is 8.33. The summed E-state index contributed by atoms with van der Waals surface area (Å²) < 4.78 is 7.19. The Morgan fingerprint density at radius 1 is 0.469 bits per heavy atom. The van der Waals surface area contributed by atoms with Crippen molar-refractivity contribution in [3.63, 3.8) is 0 Å². The van der Waals surface area contributed by atoms with Gasteiger partial charge in [-0.05, 0) is 79.7 Å². The first-order valence-electron chi connectivity index (χ1n) is 17.0. The summed E-state index contributed by atoms with van der Waals surface area (Å²) in [7, 11) is 0. The molecule has 0 aliphatic heterocycles. The maximum atomic E-state index is 7.19. The van der Waals surface area contributed by atoms with Gasteiger partial charge in [0.25, 0.3) is 0 Å². The Bertz CT molecular complexity index is 2750. The molecule has 1 aromatic heterocycles. The van der Waals surface area contributed by atoms with Crippen molar-refractivity contribution in [1.82, 2.24) is 0 Å². The Morgan fingerprint density at radius 2 is 1.12 bits per heavy atom. The molecule has 49 heavy (non-hydrogen) atoms. The lowest BCUT2D eigenvalue weighted by atomic mass is 9.82. The van der Waals surface area contributed by atoms with Gasteiger partial charge in [-0.25, -0.2) is 0 Å². The Morgan fingerprint density at radius 3 is 1.94 bits per heavy atom. The topological polar surface area (TPSA) is 16.4 Å². The molecule has 1 aliphatic carbocycles. The quantitative estimate of drug-likeness (QED) is 0.193. The SMILES string of the molecule is CC1(C)c2ccccc2-c2ccc(N(c3ccccc3-c3ccccc3)c3ccc4cccc5c6cccc7cccc(oc3c45)c76)cc21. The number of nitrogens with zero attached hydrogens (tertiary/aromatic N) is 1. The van der Waals surface area contributed by atoms with Crippen LogP contribution in [0.25, 0.3) is 65.7 Å². The first-order chi connectivity index (χ1) is 24.1. The van der Waals surface area contributed by atoms with Gasteiger partial charge >= 0.3 is 0 Å². The second-order valence-corrected chi connectivity index (χ2v) is 13.7. The van der Waals surface area contributed by atoms with Crippen molar-refractivity contribution in [2.45, 2.75) is 19.3 Å². The van der Waals surface area contributed by atoms with E-state index in [4.69, 9.17) is 4.42 Å². The maximum Gasteiger partial charge on any atom is 0.159 e. The lowest BCUT2D eigenvalue weighted by molar-refractivity contribution is 0.660. The highest BCUT2D eigenvalue weighted by atomic mass is 16.3. The number of hydrogen-bond donors (Lipinski definition) is 0. The van der Waals surface area contributed by atoms with Crippen molar-refractivity contribution in [3.8, 4) is 22.3 Å². The molecule has 0 unspecified atom stereocenters. The molecule has 0 spiro atoms. The van der Waals surface area contributed by atoms with Crippen LogP contribution >= 0.6 is 0 Å². The van der Waals surface area contributed by atoms with E-state index in [0.29, 0.717) is 0 Å². The number of fused-ring (bicyclic) bond motifs is 4. The molecule has 0 bridgehead atoms. The van der Waals surface area contributed by atoms with Gasteiger partial charge in [0.1, 0.15) is 5.58 Å². The van der Waals surface area contributed by atoms with Crippen molar-refractivity contribution in [1.29, 1.82) is 0 Å². The van der Waals surface area contributed by atoms with E-state index in [9.17, 15) is 0 Å². The largest absolute Gasteiger partial charge is 0.454 e. The van der Waals surface area contributed by atoms with Crippen molar-refractivity contribution in [2.24, 2.45) is 0 Å². The van der Waals surface area contributed by atoms with Crippen LogP contribution in [0, 0.1) is 0 Å². The summed E-state index contributed by atoms with van der Waals surface area (Å²) in [6.07, 6.45) is 0. The molecule has 2 heteroatoms. The molecule has 0 radical (unpaired) electrons. The fraction of sp³-hybridized carbons (Fsp3) is 0.0638. The van der Waals surface area contributed by atoms with Crippen molar-refractivity contribution in [3.05, 3.63) is 175 Å². The number of hydrogen-bond acceptors (Lipinski definition) is 2. The molecule has 232 valence electrons. The van der Waals surface area contributed by atoms with Gasteiger partial charge in [0.15, 0.2) is 5.58 Å². The van der Waals surface area contributed by atoms with Crippen molar-refractivity contribution < 1.29 is 4.42 Å². The number of anilines is 3. The molecule has 10 rings (SSSR count). The zero-order chi connectivity index (χ0) is 32.7. The first kappa shape index (κ1) is 27.9. The van der Waals surface area contributed by atoms with Crippen LogP contribution < -0.4 is 4.90 Å². The third-order valence-electron chi connectivity index (χ3n) is 10.6. The summed E-state index contributed by atoms with van der Waals surface area (Å²) in [4.78, 5) is 2.42. The average molecular weight is 628 g/mol. The van der Waals surface area contributed by atoms with Crippen LogP contribution in [0.3, 0.4) is 0 Å². The molecular weight excluding hydrogens is 595 g/mol. The van der Waals surface area contributed by atoms with Crippen LogP contribution in [0.5, 0.6) is 0 Å². The summed E-state index contributed by atoms with van der Waals surface area (Å²) in [6, 6.07) is 59.3. The van der Waals surface area contributed by atoms with Crippen LogP contribution in [0.2, 0.25) is 0 Å². The van der Waals surface area contributed by atoms with Crippen LogP contribution in [0.1, 0.15) is 25.0 Å². The number of benzene rings is 8. The van der Waals surface area contributed by atoms with E-state index >= 15 is 0 Å². The highest BCUT2D eigenvalue weighted by Gasteiger charge is 2.36. The number of para-hydroxylation sites is 1. The second kappa shape index (κ2) is 10.4. The standard InChI is InChI=1S/C47H33NO/c1-47(2)39-22-8-6-19-35(39)36-27-26-33(29-40(36)47)48(41-23-9-7-18-34(41)30-13-4-3-5-14-30)42-28-25-32-16-11-21-38-37-20-10-15-31-17-12-24-43(44(31)37)49-46(42)45(32)38/h3-29H,1-2H3. The Hall–Kier alpha value is -6.12. The van der Waals surface area contributed by atoms with Crippen molar-refractivity contribution in [2.75, 3.05) is 4.90 Å². The van der Waals surface area contributed by atoms with Crippen LogP contribution in [-0.4, -0.2) is 0 Å². The van der Waals surface area contributed by atoms with Gasteiger partial charge in [-0.2, -0.15) is 0 Å². The van der Waals surface area contributed by atoms with Gasteiger partial charge in [-0.3, -0.25) is 0 Å². The predicted octanol–water partition coefficient (Wildman–Crippen LogP) is 13.3. The minimum atomic E-state index is -0.136. The van der Waals surface area contributed by atoms with E-state index in [-0.39, 0.29) is 5.41 Å². The smallest absolute Gasteiger partial charge is 0.159 e. The Balaban J connectivity index is 1.34. The van der Waals surface area contributed by atoms with E-state index in [1.807, 2.05) is 0 Å². The van der Waals surface area contributed by atoms with Gasteiger partial charge in [0.2, 0.25) is 0 Å². The molecule has 0 saturated heterocycles. The van der Waals surface area contributed by atoms with E-state index < -0.39 is 0 Å². The third-order valence-corrected chi connectivity index (χ3v) is 10.6. The molecule has 0 atom stereocenters. The Labute approximate surface area is 285 Å². The van der Waals surface area contributed by atoms with E-state index in [1.54, 1.807) is 0 Å². The molecule has 9 aromatic rings. The van der Waals surface area contributed by atoms with Gasteiger partial charge in [0, 0.05) is 27.4 Å². The van der Waals surface area contributed by atoms with Gasteiger partial charge in [-0.1, -0.05) is 147 Å². The van der Waals surface area contributed by atoms with Crippen molar-refractivity contribution >= 4 is 60.5 Å². The molecule has 0 saturated carbocycles. The second-order valence-electron chi connectivity index (χ2n) is 13.7. The zero-order valence-electron chi connectivity index (χ0n) is 27.4. The average Bonchev–Trinajstić information content (AvgIpc) is 3.27. The Kier molecular flexibility index (Phi) is 5.95. The summed E-state index contributed by atoms with van der Waals surface area (Å²) in [6.45, 7) is 4.70. The zero-order valence-corrected chi connectivity index (χ0v) is 27.4. The monoisotopic (exact) mass is 627 g/mol. The van der Waals surface area contributed by atoms with Crippen LogP contribution in [0.4, 0.5) is 17.1 Å². The van der Waals surface area contributed by atoms with Gasteiger partial charge in [0.05, 0.1) is 11.4 Å². The predicted molar refractivity (Wildman–Crippen MR) is 206 cm³/mol. The molecule has 0 fully saturated rings. The molecule has 1 aliphatic rings. The molecule has 1 heterocycles. The summed E-state index contributed by atoms with van der Waals surface area (Å²) >= 11 is 0. The molecular formula is C47H33NO. The van der Waals surface area contributed by atoms with Crippen LogP contribution in [-0.2, 0) is 5.41 Å². The van der Waals surface area contributed by atoms with E-state index in [0.717, 1.165) is 50.0 Å². The third kappa shape index (κ3) is 4.07. The highest BCUT2D eigenvalue weighted by Crippen LogP contribution is 2.52.